The third kappa shape index (κ3) is 4.73. The summed E-state index contributed by atoms with van der Waals surface area (Å²) in [5, 5.41) is 9.53. The van der Waals surface area contributed by atoms with Crippen molar-refractivity contribution < 1.29 is 4.42 Å². The van der Waals surface area contributed by atoms with E-state index in [-0.39, 0.29) is 0 Å². The van der Waals surface area contributed by atoms with Gasteiger partial charge in [-0.3, -0.25) is 0 Å². The molecule has 234 valence electrons. The predicted octanol–water partition coefficient (Wildman–Crippen LogP) is 13.8. The molecule has 50 heavy (non-hydrogen) atoms. The van der Waals surface area contributed by atoms with Gasteiger partial charge in [-0.05, 0) is 92.0 Å². The Balaban J connectivity index is 1.19. The lowest BCUT2D eigenvalue weighted by molar-refractivity contribution is 0.670. The van der Waals surface area contributed by atoms with Crippen LogP contribution in [0.5, 0.6) is 0 Å². The van der Waals surface area contributed by atoms with Gasteiger partial charge in [0.25, 0.3) is 0 Å². The highest BCUT2D eigenvalue weighted by molar-refractivity contribution is 6.14. The van der Waals surface area contributed by atoms with Crippen LogP contribution in [0.15, 0.2) is 192 Å². The molecule has 0 aliphatic heterocycles. The van der Waals surface area contributed by atoms with Crippen molar-refractivity contribution in [3.05, 3.63) is 188 Å². The standard InChI is InChI=1S/C48H31NO/c1-3-13-34-27-39(24-23-32(34)11-1)36-17-9-18-40(29-36)49(41-26-25-33-12-2-4-14-35(33)28-41)46-22-8-7-19-42(46)43-20-10-21-44-45-30-37-15-5-6-16-38(37)31-47(45)50-48(43)44/h1-31H. The van der Waals surface area contributed by atoms with E-state index in [1.54, 1.807) is 0 Å². The maximum Gasteiger partial charge on any atom is 0.143 e. The van der Waals surface area contributed by atoms with Crippen molar-refractivity contribution in [3.8, 4) is 22.3 Å². The Hall–Kier alpha value is -6.64. The molecule has 0 radical (unpaired) electrons. The van der Waals surface area contributed by atoms with Crippen LogP contribution in [0.3, 0.4) is 0 Å². The third-order valence-electron chi connectivity index (χ3n) is 9.98. The van der Waals surface area contributed by atoms with Crippen LogP contribution in [0.2, 0.25) is 0 Å². The predicted molar refractivity (Wildman–Crippen MR) is 212 cm³/mol. The van der Waals surface area contributed by atoms with Gasteiger partial charge in [0.05, 0.1) is 5.69 Å². The first kappa shape index (κ1) is 28.4. The summed E-state index contributed by atoms with van der Waals surface area (Å²) in [4.78, 5) is 2.39. The summed E-state index contributed by atoms with van der Waals surface area (Å²) in [5.74, 6) is 0. The Morgan fingerprint density at radius 2 is 0.920 bits per heavy atom. The number of anilines is 3. The maximum atomic E-state index is 6.74. The smallest absolute Gasteiger partial charge is 0.143 e. The highest BCUT2D eigenvalue weighted by atomic mass is 16.3. The summed E-state index contributed by atoms with van der Waals surface area (Å²) in [6, 6.07) is 67.6. The highest BCUT2D eigenvalue weighted by Gasteiger charge is 2.21. The molecule has 9 aromatic carbocycles. The number of hydrogen-bond acceptors (Lipinski definition) is 2. The number of hydrogen-bond donors (Lipinski definition) is 0. The monoisotopic (exact) mass is 637 g/mol. The normalized spacial score (nSPS) is 11.6. The van der Waals surface area contributed by atoms with Crippen LogP contribution in [-0.4, -0.2) is 0 Å². The van der Waals surface area contributed by atoms with Gasteiger partial charge in [-0.1, -0.05) is 140 Å². The van der Waals surface area contributed by atoms with Crippen molar-refractivity contribution in [2.45, 2.75) is 0 Å². The second kappa shape index (κ2) is 11.5. The van der Waals surface area contributed by atoms with E-state index in [9.17, 15) is 0 Å². The SMILES string of the molecule is c1cc(-c2ccc3ccccc3c2)cc(N(c2ccc3ccccc3c2)c2ccccc2-c2cccc3c2oc2cc4ccccc4cc23)c1. The Labute approximate surface area is 290 Å². The molecule has 1 aromatic heterocycles. The second-order valence-corrected chi connectivity index (χ2v) is 13.0. The zero-order chi connectivity index (χ0) is 33.0. The number of nitrogens with zero attached hydrogens (tertiary/aromatic N) is 1. The van der Waals surface area contributed by atoms with E-state index in [4.69, 9.17) is 4.42 Å². The largest absolute Gasteiger partial charge is 0.455 e. The van der Waals surface area contributed by atoms with Gasteiger partial charge in [-0.15, -0.1) is 0 Å². The summed E-state index contributed by atoms with van der Waals surface area (Å²) in [5.41, 5.74) is 9.58. The minimum Gasteiger partial charge on any atom is -0.455 e. The molecule has 0 bridgehead atoms. The van der Waals surface area contributed by atoms with E-state index in [2.05, 4.69) is 193 Å². The Bertz CT molecular complexity index is 2900. The lowest BCUT2D eigenvalue weighted by Crippen LogP contribution is -2.11. The zero-order valence-electron chi connectivity index (χ0n) is 27.3. The second-order valence-electron chi connectivity index (χ2n) is 13.0. The molecule has 2 nitrogen and oxygen atoms in total. The summed E-state index contributed by atoms with van der Waals surface area (Å²) < 4.78 is 6.74. The molecule has 10 rings (SSSR count). The minimum atomic E-state index is 0.897. The molecule has 0 fully saturated rings. The van der Waals surface area contributed by atoms with Crippen molar-refractivity contribution in [3.63, 3.8) is 0 Å². The first-order valence-electron chi connectivity index (χ1n) is 17.1. The van der Waals surface area contributed by atoms with Gasteiger partial charge in [-0.25, -0.2) is 0 Å². The molecule has 0 aliphatic carbocycles. The van der Waals surface area contributed by atoms with E-state index in [1.807, 2.05) is 0 Å². The van der Waals surface area contributed by atoms with E-state index >= 15 is 0 Å². The van der Waals surface area contributed by atoms with Gasteiger partial charge >= 0.3 is 0 Å². The van der Waals surface area contributed by atoms with Gasteiger partial charge in [0.2, 0.25) is 0 Å². The van der Waals surface area contributed by atoms with Gasteiger partial charge in [-0.2, -0.15) is 0 Å². The lowest BCUT2D eigenvalue weighted by Gasteiger charge is -2.28. The van der Waals surface area contributed by atoms with Crippen LogP contribution in [0.4, 0.5) is 17.1 Å². The first-order chi connectivity index (χ1) is 24.8. The zero-order valence-corrected chi connectivity index (χ0v) is 27.3. The van der Waals surface area contributed by atoms with Gasteiger partial charge < -0.3 is 9.32 Å². The van der Waals surface area contributed by atoms with E-state index in [0.717, 1.165) is 50.1 Å². The fourth-order valence-corrected chi connectivity index (χ4v) is 7.53. The Morgan fingerprint density at radius 1 is 0.340 bits per heavy atom. The Kier molecular flexibility index (Phi) is 6.53. The summed E-state index contributed by atoms with van der Waals surface area (Å²) in [7, 11) is 0. The van der Waals surface area contributed by atoms with E-state index in [0.29, 0.717) is 0 Å². The van der Waals surface area contributed by atoms with Crippen LogP contribution >= 0.6 is 0 Å². The van der Waals surface area contributed by atoms with Crippen LogP contribution in [0.1, 0.15) is 0 Å². The minimum absolute atomic E-state index is 0.897. The average molecular weight is 638 g/mol. The average Bonchev–Trinajstić information content (AvgIpc) is 3.55. The number of fused-ring (bicyclic) bond motifs is 6. The molecular weight excluding hydrogens is 607 g/mol. The van der Waals surface area contributed by atoms with Gasteiger partial charge in [0.15, 0.2) is 0 Å². The summed E-state index contributed by atoms with van der Waals surface area (Å²) >= 11 is 0. The molecule has 0 N–H and O–H groups in total. The lowest BCUT2D eigenvalue weighted by atomic mass is 9.97. The molecule has 2 heteroatoms. The molecule has 0 amide bonds. The maximum absolute atomic E-state index is 6.74. The molecule has 0 aliphatic rings. The molecular formula is C48H31NO. The number of para-hydroxylation sites is 2. The van der Waals surface area contributed by atoms with Crippen molar-refractivity contribution >= 4 is 71.3 Å². The molecule has 0 saturated heterocycles. The quantitative estimate of drug-likeness (QED) is 0.187. The number of furan rings is 1. The number of benzene rings is 9. The summed E-state index contributed by atoms with van der Waals surface area (Å²) in [6.07, 6.45) is 0. The topological polar surface area (TPSA) is 16.4 Å². The van der Waals surface area contributed by atoms with Crippen LogP contribution < -0.4 is 4.90 Å². The molecule has 0 atom stereocenters. The summed E-state index contributed by atoms with van der Waals surface area (Å²) in [6.45, 7) is 0. The first-order valence-corrected chi connectivity index (χ1v) is 17.1. The highest BCUT2D eigenvalue weighted by Crippen LogP contribution is 2.45. The van der Waals surface area contributed by atoms with Crippen LogP contribution in [0.25, 0.3) is 76.5 Å². The van der Waals surface area contributed by atoms with Crippen molar-refractivity contribution in [2.75, 3.05) is 4.90 Å². The van der Waals surface area contributed by atoms with Gasteiger partial charge in [0.1, 0.15) is 11.2 Å². The fraction of sp³-hybridized carbons (Fsp3) is 0. The van der Waals surface area contributed by atoms with E-state index in [1.165, 1.54) is 43.4 Å². The molecule has 0 saturated carbocycles. The Morgan fingerprint density at radius 3 is 1.72 bits per heavy atom. The van der Waals surface area contributed by atoms with Gasteiger partial charge in [0, 0.05) is 33.3 Å². The molecule has 0 unspecified atom stereocenters. The van der Waals surface area contributed by atoms with Crippen LogP contribution in [-0.2, 0) is 0 Å². The number of rotatable bonds is 5. The fourth-order valence-electron chi connectivity index (χ4n) is 7.53. The van der Waals surface area contributed by atoms with Crippen molar-refractivity contribution in [1.82, 2.24) is 0 Å². The molecule has 10 aromatic rings. The third-order valence-corrected chi connectivity index (χ3v) is 9.98. The molecule has 1 heterocycles. The van der Waals surface area contributed by atoms with Crippen LogP contribution in [0, 0.1) is 0 Å². The molecule has 0 spiro atoms. The van der Waals surface area contributed by atoms with Crippen molar-refractivity contribution in [2.24, 2.45) is 0 Å². The van der Waals surface area contributed by atoms with E-state index < -0.39 is 0 Å². The van der Waals surface area contributed by atoms with Crippen molar-refractivity contribution in [1.29, 1.82) is 0 Å².